The molecule has 2 heterocycles. The van der Waals surface area contributed by atoms with Crippen LogP contribution in [0.1, 0.15) is 5.56 Å². The largest absolute Gasteiger partial charge is 0.478 e. The SMILES string of the molecule is Cn1cc(Oc2cncc(/C=C/C(=O)O)c2)cn1. The number of aryl methyl sites for hydroxylation is 1. The van der Waals surface area contributed by atoms with Crippen LogP contribution in [0.5, 0.6) is 11.5 Å². The van der Waals surface area contributed by atoms with Crippen molar-refractivity contribution in [2.45, 2.75) is 0 Å². The topological polar surface area (TPSA) is 77.2 Å². The summed E-state index contributed by atoms with van der Waals surface area (Å²) < 4.78 is 7.14. The van der Waals surface area contributed by atoms with Gasteiger partial charge in [-0.2, -0.15) is 5.10 Å². The van der Waals surface area contributed by atoms with Gasteiger partial charge in [0.2, 0.25) is 0 Å². The fraction of sp³-hybridized carbons (Fsp3) is 0.0833. The first-order valence-electron chi connectivity index (χ1n) is 5.16. The van der Waals surface area contributed by atoms with E-state index in [-0.39, 0.29) is 0 Å². The number of ether oxygens (including phenoxy) is 1. The van der Waals surface area contributed by atoms with Crippen molar-refractivity contribution in [2.24, 2.45) is 7.05 Å². The fourth-order valence-corrected chi connectivity index (χ4v) is 1.34. The summed E-state index contributed by atoms with van der Waals surface area (Å²) in [4.78, 5) is 14.4. The molecular formula is C12H11N3O3. The maximum absolute atomic E-state index is 10.4. The van der Waals surface area contributed by atoms with E-state index in [1.165, 1.54) is 6.08 Å². The van der Waals surface area contributed by atoms with Gasteiger partial charge in [-0.3, -0.25) is 9.67 Å². The van der Waals surface area contributed by atoms with Crippen molar-refractivity contribution in [3.63, 3.8) is 0 Å². The molecule has 0 radical (unpaired) electrons. The summed E-state index contributed by atoms with van der Waals surface area (Å²) in [7, 11) is 1.79. The molecule has 0 spiro atoms. The average Bonchev–Trinajstić information content (AvgIpc) is 2.73. The molecule has 0 saturated carbocycles. The minimum atomic E-state index is -1.01. The monoisotopic (exact) mass is 245 g/mol. The molecule has 6 nitrogen and oxygen atoms in total. The molecule has 0 amide bonds. The Hall–Kier alpha value is -2.63. The molecule has 2 aromatic heterocycles. The van der Waals surface area contributed by atoms with Crippen LogP contribution in [-0.4, -0.2) is 25.8 Å². The van der Waals surface area contributed by atoms with E-state index >= 15 is 0 Å². The minimum absolute atomic E-state index is 0.524. The van der Waals surface area contributed by atoms with E-state index in [2.05, 4.69) is 10.1 Å². The lowest BCUT2D eigenvalue weighted by Crippen LogP contribution is -1.88. The van der Waals surface area contributed by atoms with Gasteiger partial charge >= 0.3 is 5.97 Å². The van der Waals surface area contributed by atoms with E-state index in [0.717, 1.165) is 6.08 Å². The maximum atomic E-state index is 10.4. The van der Waals surface area contributed by atoms with Crippen LogP contribution in [0.25, 0.3) is 6.08 Å². The molecule has 18 heavy (non-hydrogen) atoms. The van der Waals surface area contributed by atoms with Gasteiger partial charge in [-0.1, -0.05) is 0 Å². The molecule has 0 aliphatic rings. The summed E-state index contributed by atoms with van der Waals surface area (Å²) in [5.41, 5.74) is 0.652. The van der Waals surface area contributed by atoms with Crippen LogP contribution in [0.3, 0.4) is 0 Å². The van der Waals surface area contributed by atoms with Gasteiger partial charge < -0.3 is 9.84 Å². The first-order valence-corrected chi connectivity index (χ1v) is 5.16. The summed E-state index contributed by atoms with van der Waals surface area (Å²) in [5, 5.41) is 12.5. The van der Waals surface area contributed by atoms with Crippen molar-refractivity contribution in [2.75, 3.05) is 0 Å². The lowest BCUT2D eigenvalue weighted by atomic mass is 10.2. The number of aromatic nitrogens is 3. The standard InChI is InChI=1S/C12H11N3O3/c1-15-8-11(7-14-15)18-10-4-9(5-13-6-10)2-3-12(16)17/h2-8H,1H3,(H,16,17)/b3-2+. The van der Waals surface area contributed by atoms with Crippen LogP contribution in [-0.2, 0) is 11.8 Å². The van der Waals surface area contributed by atoms with Gasteiger partial charge in [0.05, 0.1) is 18.6 Å². The molecular weight excluding hydrogens is 234 g/mol. The van der Waals surface area contributed by atoms with Gasteiger partial charge in [0.1, 0.15) is 5.75 Å². The number of hydrogen-bond donors (Lipinski definition) is 1. The Balaban J connectivity index is 2.14. The molecule has 0 saturated heterocycles. The Morgan fingerprint density at radius 3 is 2.89 bits per heavy atom. The number of pyridine rings is 1. The highest BCUT2D eigenvalue weighted by Crippen LogP contribution is 2.20. The van der Waals surface area contributed by atoms with Crippen molar-refractivity contribution in [3.8, 4) is 11.5 Å². The summed E-state index contributed by atoms with van der Waals surface area (Å²) in [5.74, 6) is 0.114. The first-order chi connectivity index (χ1) is 8.63. The second-order valence-corrected chi connectivity index (χ2v) is 3.58. The number of aliphatic carboxylic acids is 1. The van der Waals surface area contributed by atoms with Crippen molar-refractivity contribution < 1.29 is 14.6 Å². The predicted octanol–water partition coefficient (Wildman–Crippen LogP) is 1.71. The van der Waals surface area contributed by atoms with Crippen LogP contribution < -0.4 is 4.74 Å². The molecule has 2 aromatic rings. The number of carboxylic acids is 1. The number of hydrogen-bond acceptors (Lipinski definition) is 4. The van der Waals surface area contributed by atoms with Crippen LogP contribution in [0.2, 0.25) is 0 Å². The zero-order valence-electron chi connectivity index (χ0n) is 9.65. The van der Waals surface area contributed by atoms with Gasteiger partial charge in [0.15, 0.2) is 5.75 Å². The third-order valence-electron chi connectivity index (χ3n) is 2.07. The van der Waals surface area contributed by atoms with E-state index in [4.69, 9.17) is 9.84 Å². The third-order valence-corrected chi connectivity index (χ3v) is 2.07. The minimum Gasteiger partial charge on any atom is -0.478 e. The molecule has 0 unspecified atom stereocenters. The van der Waals surface area contributed by atoms with Gasteiger partial charge in [0, 0.05) is 19.3 Å². The van der Waals surface area contributed by atoms with E-state index < -0.39 is 5.97 Å². The lowest BCUT2D eigenvalue weighted by molar-refractivity contribution is -0.131. The molecule has 0 atom stereocenters. The van der Waals surface area contributed by atoms with Crippen molar-refractivity contribution in [3.05, 3.63) is 42.5 Å². The van der Waals surface area contributed by atoms with Crippen LogP contribution >= 0.6 is 0 Å². The molecule has 0 fully saturated rings. The molecule has 0 aromatic carbocycles. The molecule has 2 rings (SSSR count). The highest BCUT2D eigenvalue weighted by atomic mass is 16.5. The highest BCUT2D eigenvalue weighted by Gasteiger charge is 2.00. The molecule has 0 bridgehead atoms. The van der Waals surface area contributed by atoms with Crippen molar-refractivity contribution >= 4 is 12.0 Å². The highest BCUT2D eigenvalue weighted by molar-refractivity contribution is 5.85. The summed E-state index contributed by atoms with van der Waals surface area (Å²) in [6.45, 7) is 0. The second kappa shape index (κ2) is 5.13. The summed E-state index contributed by atoms with van der Waals surface area (Å²) >= 11 is 0. The van der Waals surface area contributed by atoms with Crippen molar-refractivity contribution in [1.29, 1.82) is 0 Å². The Kier molecular flexibility index (Phi) is 3.38. The number of carbonyl (C=O) groups is 1. The number of rotatable bonds is 4. The smallest absolute Gasteiger partial charge is 0.328 e. The first kappa shape index (κ1) is 11.8. The Morgan fingerprint density at radius 1 is 1.39 bits per heavy atom. The van der Waals surface area contributed by atoms with E-state index in [0.29, 0.717) is 17.1 Å². The van der Waals surface area contributed by atoms with E-state index in [9.17, 15) is 4.79 Å². The van der Waals surface area contributed by atoms with Crippen molar-refractivity contribution in [1.82, 2.24) is 14.8 Å². The van der Waals surface area contributed by atoms with Gasteiger partial charge in [-0.15, -0.1) is 0 Å². The Morgan fingerprint density at radius 2 is 2.22 bits per heavy atom. The number of carboxylic acid groups (broad SMARTS) is 1. The summed E-state index contributed by atoms with van der Waals surface area (Å²) in [6.07, 6.45) is 8.90. The zero-order valence-corrected chi connectivity index (χ0v) is 9.65. The zero-order chi connectivity index (χ0) is 13.0. The molecule has 0 aliphatic heterocycles. The normalized spacial score (nSPS) is 10.7. The molecule has 0 aliphatic carbocycles. The van der Waals surface area contributed by atoms with Gasteiger partial charge in [0.25, 0.3) is 0 Å². The average molecular weight is 245 g/mol. The maximum Gasteiger partial charge on any atom is 0.328 e. The van der Waals surface area contributed by atoms with Crippen LogP contribution in [0.15, 0.2) is 36.9 Å². The Bertz CT molecular complexity index is 590. The Labute approximate surface area is 103 Å². The van der Waals surface area contributed by atoms with E-state index in [1.807, 2.05) is 0 Å². The third kappa shape index (κ3) is 3.18. The van der Waals surface area contributed by atoms with Crippen LogP contribution in [0, 0.1) is 0 Å². The quantitative estimate of drug-likeness (QED) is 0.829. The predicted molar refractivity (Wildman–Crippen MR) is 64.2 cm³/mol. The molecule has 92 valence electrons. The second-order valence-electron chi connectivity index (χ2n) is 3.58. The van der Waals surface area contributed by atoms with Gasteiger partial charge in [-0.05, 0) is 17.7 Å². The van der Waals surface area contributed by atoms with Crippen LogP contribution in [0.4, 0.5) is 0 Å². The fourth-order valence-electron chi connectivity index (χ4n) is 1.34. The van der Waals surface area contributed by atoms with Gasteiger partial charge in [-0.25, -0.2) is 4.79 Å². The molecule has 1 N–H and O–H groups in total. The lowest BCUT2D eigenvalue weighted by Gasteiger charge is -2.02. The molecule has 6 heteroatoms. The van der Waals surface area contributed by atoms with E-state index in [1.54, 1.807) is 42.6 Å². The number of nitrogens with zero attached hydrogens (tertiary/aromatic N) is 3. The summed E-state index contributed by atoms with van der Waals surface area (Å²) in [6, 6.07) is 1.69.